The number of aromatic nitrogens is 4. The zero-order valence-electron chi connectivity index (χ0n) is 13.1. The summed E-state index contributed by atoms with van der Waals surface area (Å²) in [6.07, 6.45) is 1.91. The molecule has 1 aromatic heterocycles. The summed E-state index contributed by atoms with van der Waals surface area (Å²) in [5, 5.41) is 14.4. The van der Waals surface area contributed by atoms with Crippen LogP contribution in [0.4, 0.5) is 5.95 Å². The maximum Gasteiger partial charge on any atom is 0.270 e. The molecule has 0 aliphatic rings. The number of hydrogen-bond acceptors (Lipinski definition) is 5. The van der Waals surface area contributed by atoms with Crippen molar-refractivity contribution in [1.29, 1.82) is 0 Å². The van der Waals surface area contributed by atoms with E-state index >= 15 is 0 Å². The van der Waals surface area contributed by atoms with Gasteiger partial charge < -0.3 is 4.74 Å². The molecular formula is C15H21N5O2. The third-order valence-electron chi connectivity index (χ3n) is 3.11. The quantitative estimate of drug-likeness (QED) is 0.850. The summed E-state index contributed by atoms with van der Waals surface area (Å²) in [4.78, 5) is 13.7. The first-order valence-corrected chi connectivity index (χ1v) is 7.48. The number of nitrogens with zero attached hydrogens (tertiary/aromatic N) is 4. The van der Waals surface area contributed by atoms with Crippen LogP contribution in [0.25, 0.3) is 0 Å². The number of tetrazole rings is 1. The molecule has 1 amide bonds. The van der Waals surface area contributed by atoms with E-state index in [2.05, 4.69) is 20.7 Å². The Hall–Kier alpha value is -2.44. The molecule has 7 nitrogen and oxygen atoms in total. The molecule has 0 bridgehead atoms. The summed E-state index contributed by atoms with van der Waals surface area (Å²) >= 11 is 0. The van der Waals surface area contributed by atoms with E-state index in [1.807, 2.05) is 26.8 Å². The Bertz CT molecular complexity index is 626. The number of rotatable bonds is 7. The molecule has 1 N–H and O–H groups in total. The van der Waals surface area contributed by atoms with Crippen LogP contribution in [0.15, 0.2) is 24.3 Å². The lowest BCUT2D eigenvalue weighted by Gasteiger charge is -2.13. The number of anilines is 1. The number of ether oxygens (including phenoxy) is 1. The maximum absolute atomic E-state index is 12.2. The largest absolute Gasteiger partial charge is 0.491 e. The fourth-order valence-corrected chi connectivity index (χ4v) is 1.79. The highest BCUT2D eigenvalue weighted by molar-refractivity contribution is 6.03. The van der Waals surface area contributed by atoms with Crippen molar-refractivity contribution in [2.75, 3.05) is 5.32 Å². The third-order valence-corrected chi connectivity index (χ3v) is 3.11. The van der Waals surface area contributed by atoms with Gasteiger partial charge in [0.05, 0.1) is 12.6 Å². The first kappa shape index (κ1) is 15.9. The number of carbonyl (C=O) groups excluding carboxylic acids is 1. The van der Waals surface area contributed by atoms with Crippen molar-refractivity contribution >= 4 is 11.9 Å². The number of amides is 1. The van der Waals surface area contributed by atoms with Gasteiger partial charge in [-0.3, -0.25) is 10.1 Å². The second-order valence-corrected chi connectivity index (χ2v) is 5.03. The average Bonchev–Trinajstić information content (AvgIpc) is 2.95. The first-order valence-electron chi connectivity index (χ1n) is 7.48. The summed E-state index contributed by atoms with van der Waals surface area (Å²) in [6, 6.07) is 7.04. The fourth-order valence-electron chi connectivity index (χ4n) is 1.79. The second-order valence-electron chi connectivity index (χ2n) is 5.03. The molecule has 0 fully saturated rings. The van der Waals surface area contributed by atoms with E-state index in [0.717, 1.165) is 12.8 Å². The lowest BCUT2D eigenvalue weighted by atomic mass is 10.2. The topological polar surface area (TPSA) is 81.9 Å². The number of aryl methyl sites for hydroxylation is 1. The van der Waals surface area contributed by atoms with Gasteiger partial charge >= 0.3 is 0 Å². The number of benzene rings is 1. The minimum atomic E-state index is -0.286. The van der Waals surface area contributed by atoms with Crippen LogP contribution < -0.4 is 10.1 Å². The summed E-state index contributed by atoms with van der Waals surface area (Å²) in [6.45, 7) is 6.72. The van der Waals surface area contributed by atoms with Crippen LogP contribution in [-0.2, 0) is 6.54 Å². The molecule has 2 rings (SSSR count). The van der Waals surface area contributed by atoms with E-state index in [4.69, 9.17) is 4.74 Å². The molecule has 0 aliphatic carbocycles. The summed E-state index contributed by atoms with van der Waals surface area (Å²) in [5.74, 6) is 0.585. The normalized spacial score (nSPS) is 12.0. The van der Waals surface area contributed by atoms with Crippen molar-refractivity contribution in [3.05, 3.63) is 29.8 Å². The van der Waals surface area contributed by atoms with Gasteiger partial charge in [-0.2, -0.15) is 4.80 Å². The van der Waals surface area contributed by atoms with E-state index in [-0.39, 0.29) is 18.0 Å². The van der Waals surface area contributed by atoms with Crippen LogP contribution in [0.5, 0.6) is 5.75 Å². The van der Waals surface area contributed by atoms with Crippen LogP contribution in [0.3, 0.4) is 0 Å². The first-order chi connectivity index (χ1) is 10.6. The van der Waals surface area contributed by atoms with E-state index in [1.54, 1.807) is 18.2 Å². The predicted molar refractivity (Wildman–Crippen MR) is 82.9 cm³/mol. The second kappa shape index (κ2) is 7.53. The molecule has 1 atom stereocenters. The minimum Gasteiger partial charge on any atom is -0.491 e. The molecule has 118 valence electrons. The van der Waals surface area contributed by atoms with Gasteiger partial charge in [0.2, 0.25) is 0 Å². The molecule has 0 unspecified atom stereocenters. The molecule has 1 aromatic carbocycles. The predicted octanol–water partition coefficient (Wildman–Crippen LogP) is 2.51. The SMILES string of the molecule is CCCn1nnc(NC(=O)c2cccc(O[C@H](C)CC)c2)n1. The fraction of sp³-hybridized carbons (Fsp3) is 0.467. The zero-order valence-corrected chi connectivity index (χ0v) is 13.1. The van der Waals surface area contributed by atoms with Crippen molar-refractivity contribution in [1.82, 2.24) is 20.2 Å². The van der Waals surface area contributed by atoms with Crippen molar-refractivity contribution < 1.29 is 9.53 Å². The summed E-state index contributed by atoms with van der Waals surface area (Å²) < 4.78 is 5.71. The monoisotopic (exact) mass is 303 g/mol. The minimum absolute atomic E-state index is 0.105. The summed E-state index contributed by atoms with van der Waals surface area (Å²) in [7, 11) is 0. The average molecular weight is 303 g/mol. The Balaban J connectivity index is 2.03. The lowest BCUT2D eigenvalue weighted by Crippen LogP contribution is -2.14. The van der Waals surface area contributed by atoms with Gasteiger partial charge in [-0.05, 0) is 43.2 Å². The highest BCUT2D eigenvalue weighted by Crippen LogP contribution is 2.16. The summed E-state index contributed by atoms with van der Waals surface area (Å²) in [5.41, 5.74) is 0.493. The number of nitrogens with one attached hydrogen (secondary N) is 1. The zero-order chi connectivity index (χ0) is 15.9. The van der Waals surface area contributed by atoms with Crippen molar-refractivity contribution in [2.24, 2.45) is 0 Å². The molecule has 22 heavy (non-hydrogen) atoms. The molecular weight excluding hydrogens is 282 g/mol. The maximum atomic E-state index is 12.2. The molecule has 1 heterocycles. The Morgan fingerprint density at radius 1 is 1.41 bits per heavy atom. The van der Waals surface area contributed by atoms with Gasteiger partial charge in [-0.1, -0.05) is 25.0 Å². The smallest absolute Gasteiger partial charge is 0.270 e. The lowest BCUT2D eigenvalue weighted by molar-refractivity contribution is 0.102. The van der Waals surface area contributed by atoms with Crippen LogP contribution in [-0.4, -0.2) is 32.2 Å². The van der Waals surface area contributed by atoms with Gasteiger partial charge in [-0.15, -0.1) is 5.10 Å². The van der Waals surface area contributed by atoms with E-state index in [1.165, 1.54) is 4.80 Å². The molecule has 0 saturated carbocycles. The Morgan fingerprint density at radius 2 is 2.23 bits per heavy atom. The van der Waals surface area contributed by atoms with Crippen LogP contribution >= 0.6 is 0 Å². The highest BCUT2D eigenvalue weighted by Gasteiger charge is 2.11. The van der Waals surface area contributed by atoms with E-state index in [0.29, 0.717) is 17.9 Å². The molecule has 0 saturated heterocycles. The van der Waals surface area contributed by atoms with Gasteiger partial charge in [0, 0.05) is 5.56 Å². The third kappa shape index (κ3) is 4.28. The molecule has 7 heteroatoms. The van der Waals surface area contributed by atoms with E-state index in [9.17, 15) is 4.79 Å². The Kier molecular flexibility index (Phi) is 5.46. The van der Waals surface area contributed by atoms with Gasteiger partial charge in [0.25, 0.3) is 11.9 Å². The highest BCUT2D eigenvalue weighted by atomic mass is 16.5. The standard InChI is InChI=1S/C15H21N5O2/c1-4-9-20-18-15(17-19-20)16-14(21)12-7-6-8-13(10-12)22-11(3)5-2/h6-8,10-11H,4-5,9H2,1-3H3,(H,16,18,21)/t11-/m1/s1. The van der Waals surface area contributed by atoms with Crippen molar-refractivity contribution in [3.8, 4) is 5.75 Å². The van der Waals surface area contributed by atoms with Crippen LogP contribution in [0.1, 0.15) is 44.0 Å². The van der Waals surface area contributed by atoms with Gasteiger partial charge in [0.1, 0.15) is 5.75 Å². The van der Waals surface area contributed by atoms with E-state index < -0.39 is 0 Å². The molecule has 0 aliphatic heterocycles. The van der Waals surface area contributed by atoms with Gasteiger partial charge in [-0.25, -0.2) is 0 Å². The van der Waals surface area contributed by atoms with Crippen molar-refractivity contribution in [2.45, 2.75) is 46.3 Å². The van der Waals surface area contributed by atoms with Crippen LogP contribution in [0, 0.1) is 0 Å². The number of carbonyl (C=O) groups is 1. The van der Waals surface area contributed by atoms with Crippen LogP contribution in [0.2, 0.25) is 0 Å². The molecule has 0 spiro atoms. The molecule has 0 radical (unpaired) electrons. The molecule has 2 aromatic rings. The van der Waals surface area contributed by atoms with Gasteiger partial charge in [0.15, 0.2) is 0 Å². The Morgan fingerprint density at radius 3 is 2.95 bits per heavy atom. The number of hydrogen-bond donors (Lipinski definition) is 1. The Labute approximate surface area is 129 Å². The van der Waals surface area contributed by atoms with Crippen molar-refractivity contribution in [3.63, 3.8) is 0 Å².